The zero-order chi connectivity index (χ0) is 13.7. The lowest BCUT2D eigenvalue weighted by molar-refractivity contribution is -0.139. The number of amides is 2. The normalized spacial score (nSPS) is 26.4. The second-order valence-corrected chi connectivity index (χ2v) is 5.05. The molecule has 0 aromatic rings. The Kier molecular flexibility index (Phi) is 5.40. The Bertz CT molecular complexity index is 309. The molecule has 1 aliphatic heterocycles. The monoisotopic (exact) mass is 257 g/mol. The van der Waals surface area contributed by atoms with Crippen LogP contribution in [0, 0.1) is 5.92 Å². The fourth-order valence-corrected chi connectivity index (χ4v) is 2.28. The van der Waals surface area contributed by atoms with E-state index in [1.165, 1.54) is 0 Å². The first kappa shape index (κ1) is 14.8. The van der Waals surface area contributed by atoms with Gasteiger partial charge < -0.3 is 20.6 Å². The minimum Gasteiger partial charge on any atom is -0.480 e. The molecular formula is C12H23N3O3. The van der Waals surface area contributed by atoms with E-state index in [0.717, 1.165) is 19.5 Å². The summed E-state index contributed by atoms with van der Waals surface area (Å²) in [5.74, 6) is -0.622. The predicted molar refractivity (Wildman–Crippen MR) is 68.4 cm³/mol. The van der Waals surface area contributed by atoms with Gasteiger partial charge in [0.1, 0.15) is 6.04 Å². The third-order valence-electron chi connectivity index (χ3n) is 3.44. The Morgan fingerprint density at radius 1 is 1.50 bits per heavy atom. The van der Waals surface area contributed by atoms with E-state index < -0.39 is 12.0 Å². The van der Waals surface area contributed by atoms with Crippen LogP contribution in [0.3, 0.4) is 0 Å². The van der Waals surface area contributed by atoms with Crippen LogP contribution in [-0.2, 0) is 4.79 Å². The van der Waals surface area contributed by atoms with Crippen molar-refractivity contribution in [2.75, 3.05) is 20.1 Å². The lowest BCUT2D eigenvalue weighted by Crippen LogP contribution is -2.54. The van der Waals surface area contributed by atoms with Gasteiger partial charge in [-0.3, -0.25) is 0 Å². The van der Waals surface area contributed by atoms with Crippen molar-refractivity contribution in [2.24, 2.45) is 5.92 Å². The van der Waals surface area contributed by atoms with Gasteiger partial charge in [0.25, 0.3) is 0 Å². The number of hydrogen-bond acceptors (Lipinski definition) is 3. The molecule has 1 heterocycles. The molecule has 18 heavy (non-hydrogen) atoms. The van der Waals surface area contributed by atoms with Gasteiger partial charge in [0.15, 0.2) is 0 Å². The quantitative estimate of drug-likeness (QED) is 0.684. The molecule has 2 amide bonds. The Hall–Kier alpha value is -1.30. The van der Waals surface area contributed by atoms with Crippen LogP contribution in [0.1, 0.15) is 26.7 Å². The molecule has 0 aromatic carbocycles. The lowest BCUT2D eigenvalue weighted by atomic mass is 9.94. The van der Waals surface area contributed by atoms with Crippen LogP contribution in [0.5, 0.6) is 0 Å². The van der Waals surface area contributed by atoms with E-state index in [1.54, 1.807) is 6.92 Å². The van der Waals surface area contributed by atoms with Crippen LogP contribution >= 0.6 is 0 Å². The van der Waals surface area contributed by atoms with Crippen molar-refractivity contribution in [1.29, 1.82) is 0 Å². The number of carbonyl (C=O) groups is 2. The maximum atomic E-state index is 11.7. The summed E-state index contributed by atoms with van der Waals surface area (Å²) in [7, 11) is 2.06. The van der Waals surface area contributed by atoms with Crippen molar-refractivity contribution >= 4 is 12.0 Å². The van der Waals surface area contributed by atoms with Crippen LogP contribution in [-0.4, -0.2) is 54.2 Å². The van der Waals surface area contributed by atoms with E-state index in [1.807, 2.05) is 0 Å². The van der Waals surface area contributed by atoms with E-state index in [-0.39, 0.29) is 12.1 Å². The molecule has 3 N–H and O–H groups in total. The number of likely N-dealkylation sites (tertiary alicyclic amines) is 1. The Morgan fingerprint density at radius 2 is 2.17 bits per heavy atom. The van der Waals surface area contributed by atoms with Gasteiger partial charge in [0.2, 0.25) is 0 Å². The number of nitrogens with one attached hydrogen (secondary N) is 2. The minimum absolute atomic E-state index is 0.118. The molecule has 6 heteroatoms. The summed E-state index contributed by atoms with van der Waals surface area (Å²) in [5, 5.41) is 14.2. The van der Waals surface area contributed by atoms with E-state index in [9.17, 15) is 9.59 Å². The Labute approximate surface area is 108 Å². The van der Waals surface area contributed by atoms with Crippen molar-refractivity contribution in [3.05, 3.63) is 0 Å². The third kappa shape index (κ3) is 4.18. The van der Waals surface area contributed by atoms with Crippen molar-refractivity contribution in [2.45, 2.75) is 38.8 Å². The highest BCUT2D eigenvalue weighted by molar-refractivity contribution is 5.82. The molecule has 104 valence electrons. The summed E-state index contributed by atoms with van der Waals surface area (Å²) in [6.45, 7) is 5.72. The van der Waals surface area contributed by atoms with Crippen LogP contribution in [0.4, 0.5) is 4.79 Å². The Morgan fingerprint density at radius 3 is 2.67 bits per heavy atom. The van der Waals surface area contributed by atoms with Crippen LogP contribution in [0.2, 0.25) is 0 Å². The summed E-state index contributed by atoms with van der Waals surface area (Å²) in [6.07, 6.45) is 1.28. The highest BCUT2D eigenvalue weighted by Gasteiger charge is 2.26. The minimum atomic E-state index is -0.996. The highest BCUT2D eigenvalue weighted by Crippen LogP contribution is 2.15. The molecule has 1 rings (SSSR count). The van der Waals surface area contributed by atoms with E-state index in [2.05, 4.69) is 29.5 Å². The summed E-state index contributed by atoms with van der Waals surface area (Å²) in [5.41, 5.74) is 0. The van der Waals surface area contributed by atoms with E-state index in [4.69, 9.17) is 5.11 Å². The van der Waals surface area contributed by atoms with Crippen molar-refractivity contribution in [3.8, 4) is 0 Å². The fraction of sp³-hybridized carbons (Fsp3) is 0.833. The van der Waals surface area contributed by atoms with Crippen molar-refractivity contribution in [1.82, 2.24) is 15.5 Å². The molecule has 1 saturated heterocycles. The lowest BCUT2D eigenvalue weighted by Gasteiger charge is -2.35. The number of carboxylic acid groups (broad SMARTS) is 1. The molecule has 0 spiro atoms. The maximum absolute atomic E-state index is 11.7. The molecule has 2 unspecified atom stereocenters. The molecule has 0 aliphatic carbocycles. The van der Waals surface area contributed by atoms with Crippen LogP contribution < -0.4 is 10.6 Å². The molecule has 3 atom stereocenters. The summed E-state index contributed by atoms with van der Waals surface area (Å²) < 4.78 is 0. The second kappa shape index (κ2) is 6.58. The van der Waals surface area contributed by atoms with E-state index >= 15 is 0 Å². The molecule has 1 fully saturated rings. The van der Waals surface area contributed by atoms with Gasteiger partial charge in [-0.15, -0.1) is 0 Å². The van der Waals surface area contributed by atoms with Gasteiger partial charge >= 0.3 is 12.0 Å². The maximum Gasteiger partial charge on any atom is 0.326 e. The van der Waals surface area contributed by atoms with Gasteiger partial charge in [-0.2, -0.15) is 0 Å². The number of rotatable bonds is 4. The molecule has 6 nitrogen and oxygen atoms in total. The van der Waals surface area contributed by atoms with E-state index in [0.29, 0.717) is 12.3 Å². The standard InChI is InChI=1S/C12H23N3O3/c1-4-9(11(16)17)13-12(18)14-10-5-6-15(3)7-8(10)2/h8-10H,4-7H2,1-3H3,(H,16,17)(H2,13,14,18)/t8?,9-,10?/m1/s1. The Balaban J connectivity index is 2.42. The van der Waals surface area contributed by atoms with Crippen LogP contribution in [0.15, 0.2) is 0 Å². The van der Waals surface area contributed by atoms with Gasteiger partial charge in [-0.1, -0.05) is 13.8 Å². The summed E-state index contributed by atoms with van der Waals surface area (Å²) in [4.78, 5) is 24.8. The molecule has 0 saturated carbocycles. The molecule has 1 aliphatic rings. The van der Waals surface area contributed by atoms with Crippen LogP contribution in [0.25, 0.3) is 0 Å². The molecular weight excluding hydrogens is 234 g/mol. The van der Waals surface area contributed by atoms with Gasteiger partial charge in [0, 0.05) is 12.6 Å². The number of carboxylic acids is 1. The SMILES string of the molecule is CC[C@@H](NC(=O)NC1CCN(C)CC1C)C(=O)O. The average molecular weight is 257 g/mol. The zero-order valence-electron chi connectivity index (χ0n) is 11.3. The largest absolute Gasteiger partial charge is 0.480 e. The number of piperidine rings is 1. The number of hydrogen-bond donors (Lipinski definition) is 3. The van der Waals surface area contributed by atoms with Gasteiger partial charge in [-0.05, 0) is 32.4 Å². The predicted octanol–water partition coefficient (Wildman–Crippen LogP) is 0.489. The molecule has 0 bridgehead atoms. The number of urea groups is 1. The second-order valence-electron chi connectivity index (χ2n) is 5.05. The van der Waals surface area contributed by atoms with Gasteiger partial charge in [-0.25, -0.2) is 9.59 Å². The smallest absolute Gasteiger partial charge is 0.326 e. The number of carbonyl (C=O) groups excluding carboxylic acids is 1. The average Bonchev–Trinajstić information content (AvgIpc) is 2.29. The number of nitrogens with zero attached hydrogens (tertiary/aromatic N) is 1. The summed E-state index contributed by atoms with van der Waals surface area (Å²) >= 11 is 0. The number of aliphatic carboxylic acids is 1. The zero-order valence-corrected chi connectivity index (χ0v) is 11.3. The topological polar surface area (TPSA) is 81.7 Å². The summed E-state index contributed by atoms with van der Waals surface area (Å²) in [6, 6.07) is -1.08. The first-order valence-electron chi connectivity index (χ1n) is 6.42. The highest BCUT2D eigenvalue weighted by atomic mass is 16.4. The third-order valence-corrected chi connectivity index (χ3v) is 3.44. The van der Waals surface area contributed by atoms with Gasteiger partial charge in [0.05, 0.1) is 0 Å². The molecule has 0 aromatic heterocycles. The van der Waals surface area contributed by atoms with Crippen molar-refractivity contribution in [3.63, 3.8) is 0 Å². The fourth-order valence-electron chi connectivity index (χ4n) is 2.28. The molecule has 0 radical (unpaired) electrons. The van der Waals surface area contributed by atoms with Crippen molar-refractivity contribution < 1.29 is 14.7 Å². The first-order chi connectivity index (χ1) is 8.43. The first-order valence-corrected chi connectivity index (χ1v) is 6.42.